The number of aliphatic hydroxyl groups is 2. The molecule has 1 fully saturated rings. The van der Waals surface area contributed by atoms with E-state index >= 15 is 0 Å². The molecule has 3 rings (SSSR count). The van der Waals surface area contributed by atoms with Crippen molar-refractivity contribution >= 4 is 12.1 Å². The lowest BCUT2D eigenvalue weighted by atomic mass is 9.99. The summed E-state index contributed by atoms with van der Waals surface area (Å²) in [6.45, 7) is 3.00. The molecule has 2 heterocycles. The Balaban J connectivity index is 1.61. The molecule has 2 unspecified atom stereocenters. The van der Waals surface area contributed by atoms with Crippen molar-refractivity contribution in [3.63, 3.8) is 0 Å². The molecule has 1 aromatic carbocycles. The number of hydrogen-bond acceptors (Lipinski definition) is 9. The number of benzene rings is 1. The molecular formula is C23H28FN3O9. The van der Waals surface area contributed by atoms with Crippen molar-refractivity contribution in [3.8, 4) is 0 Å². The zero-order chi connectivity index (χ0) is 26.4. The van der Waals surface area contributed by atoms with E-state index < -0.39 is 66.3 Å². The number of aromatic amines is 1. The molecule has 0 bridgehead atoms. The second-order valence-corrected chi connectivity index (χ2v) is 8.39. The third-order valence-corrected chi connectivity index (χ3v) is 5.88. The summed E-state index contributed by atoms with van der Waals surface area (Å²) in [6, 6.07) is 7.88. The van der Waals surface area contributed by atoms with Crippen molar-refractivity contribution in [2.75, 3.05) is 6.61 Å². The minimum atomic E-state index is -1.69. The number of rotatable bonds is 9. The van der Waals surface area contributed by atoms with E-state index in [2.05, 4.69) is 5.32 Å². The van der Waals surface area contributed by atoms with E-state index in [0.717, 1.165) is 5.56 Å². The third-order valence-electron chi connectivity index (χ3n) is 5.88. The van der Waals surface area contributed by atoms with Gasteiger partial charge in [-0.2, -0.15) is 4.39 Å². The number of ether oxygens (including phenoxy) is 3. The molecule has 1 aliphatic heterocycles. The maximum absolute atomic E-state index is 13.6. The van der Waals surface area contributed by atoms with Crippen LogP contribution in [0, 0.1) is 11.7 Å². The van der Waals surface area contributed by atoms with Gasteiger partial charge >= 0.3 is 17.8 Å². The molecule has 2 aromatic rings. The number of nitrogens with one attached hydrogen (secondary N) is 2. The molecule has 1 amide bonds. The van der Waals surface area contributed by atoms with Gasteiger partial charge in [0.1, 0.15) is 37.6 Å². The molecule has 4 N–H and O–H groups in total. The van der Waals surface area contributed by atoms with Gasteiger partial charge in [0.05, 0.1) is 6.20 Å². The first-order chi connectivity index (χ1) is 17.1. The van der Waals surface area contributed by atoms with Crippen LogP contribution in [-0.2, 0) is 25.6 Å². The van der Waals surface area contributed by atoms with Gasteiger partial charge in [0.2, 0.25) is 5.82 Å². The second kappa shape index (κ2) is 11.9. The van der Waals surface area contributed by atoms with Crippen molar-refractivity contribution < 1.29 is 38.4 Å². The largest absolute Gasteiger partial charge is 0.461 e. The van der Waals surface area contributed by atoms with E-state index in [0.29, 0.717) is 17.2 Å². The van der Waals surface area contributed by atoms with Gasteiger partial charge in [0.15, 0.2) is 6.23 Å². The summed E-state index contributed by atoms with van der Waals surface area (Å²) in [7, 11) is 0. The highest BCUT2D eigenvalue weighted by Gasteiger charge is 2.45. The zero-order valence-electron chi connectivity index (χ0n) is 19.6. The summed E-state index contributed by atoms with van der Waals surface area (Å²) in [5.74, 6) is -2.46. The average molecular weight is 509 g/mol. The van der Waals surface area contributed by atoms with Crippen LogP contribution in [0.4, 0.5) is 9.18 Å². The monoisotopic (exact) mass is 509 g/mol. The molecule has 1 aromatic heterocycles. The number of hydrogen-bond donors (Lipinski definition) is 4. The third kappa shape index (κ3) is 6.36. The van der Waals surface area contributed by atoms with Crippen LogP contribution in [-0.4, -0.2) is 62.8 Å². The van der Waals surface area contributed by atoms with Crippen molar-refractivity contribution in [2.45, 2.75) is 57.5 Å². The van der Waals surface area contributed by atoms with Crippen molar-refractivity contribution in [1.29, 1.82) is 0 Å². The van der Waals surface area contributed by atoms with Crippen LogP contribution in [0.15, 0.2) is 46.1 Å². The van der Waals surface area contributed by atoms with Gasteiger partial charge in [0.25, 0.3) is 5.56 Å². The molecule has 6 atom stereocenters. The molecule has 0 aliphatic carbocycles. The predicted molar refractivity (Wildman–Crippen MR) is 121 cm³/mol. The first-order valence-corrected chi connectivity index (χ1v) is 11.3. The van der Waals surface area contributed by atoms with E-state index in [1.165, 1.54) is 0 Å². The van der Waals surface area contributed by atoms with E-state index in [-0.39, 0.29) is 12.5 Å². The zero-order valence-corrected chi connectivity index (χ0v) is 19.6. The molecule has 1 aliphatic rings. The van der Waals surface area contributed by atoms with Crippen LogP contribution >= 0.6 is 0 Å². The van der Waals surface area contributed by atoms with Crippen LogP contribution in [0.2, 0.25) is 0 Å². The molecule has 36 heavy (non-hydrogen) atoms. The van der Waals surface area contributed by atoms with E-state index in [1.807, 2.05) is 13.0 Å². The Kier molecular flexibility index (Phi) is 8.96. The number of halogens is 1. The Labute approximate surface area is 204 Å². The van der Waals surface area contributed by atoms with E-state index in [9.17, 15) is 33.8 Å². The van der Waals surface area contributed by atoms with Gasteiger partial charge < -0.3 is 29.7 Å². The number of esters is 1. The highest BCUT2D eigenvalue weighted by atomic mass is 19.1. The summed E-state index contributed by atoms with van der Waals surface area (Å²) in [5, 5.41) is 23.1. The molecule has 0 radical (unpaired) electrons. The minimum absolute atomic E-state index is 0.00104. The molecule has 13 heteroatoms. The Morgan fingerprint density at radius 1 is 1.19 bits per heavy atom. The number of aromatic nitrogens is 2. The number of carbonyl (C=O) groups excluding carboxylic acids is 2. The van der Waals surface area contributed by atoms with Crippen LogP contribution in [0.5, 0.6) is 0 Å². The van der Waals surface area contributed by atoms with Gasteiger partial charge in [-0.3, -0.25) is 14.3 Å². The number of H-pyrrole nitrogens is 1. The summed E-state index contributed by atoms with van der Waals surface area (Å²) >= 11 is 0. The standard InChI is InChI=1S/C23H28FN3O9/c1-3-12(2)16(25-23(33)35-10-13-7-5-4-6-8-13)21(31)34-11-15-17(28)18(29)20(36-15)27-9-14(24)19(30)26-22(27)32/h4-9,12,15-18,20,28-29H,3,10-11H2,1-2H3,(H,25,33)(H,26,30,32)/t12-,15-,16-,17?,18?,20-/m0/s1. The van der Waals surface area contributed by atoms with Gasteiger partial charge in [0, 0.05) is 0 Å². The van der Waals surface area contributed by atoms with Crippen LogP contribution in [0.25, 0.3) is 0 Å². The number of alkyl carbamates (subject to hydrolysis) is 1. The molecule has 1 saturated heterocycles. The summed E-state index contributed by atoms with van der Waals surface area (Å²) in [5.41, 5.74) is -1.55. The lowest BCUT2D eigenvalue weighted by Gasteiger charge is -2.23. The van der Waals surface area contributed by atoms with E-state index in [1.54, 1.807) is 36.2 Å². The van der Waals surface area contributed by atoms with Crippen LogP contribution < -0.4 is 16.6 Å². The first-order valence-electron chi connectivity index (χ1n) is 11.3. The van der Waals surface area contributed by atoms with Crippen molar-refractivity contribution in [3.05, 3.63) is 68.7 Å². The highest BCUT2D eigenvalue weighted by molar-refractivity contribution is 5.81. The fraction of sp³-hybridized carbons (Fsp3) is 0.478. The van der Waals surface area contributed by atoms with Crippen LogP contribution in [0.3, 0.4) is 0 Å². The molecule has 0 saturated carbocycles. The Hall–Kier alpha value is -3.55. The number of nitrogens with zero attached hydrogens (tertiary/aromatic N) is 1. The Bertz CT molecular complexity index is 1170. The normalized spacial score (nSPS) is 23.0. The Morgan fingerprint density at radius 3 is 2.56 bits per heavy atom. The van der Waals surface area contributed by atoms with Gasteiger partial charge in [-0.15, -0.1) is 0 Å². The average Bonchev–Trinajstić information content (AvgIpc) is 3.15. The predicted octanol–water partition coefficient (Wildman–Crippen LogP) is 0.179. The molecular weight excluding hydrogens is 481 g/mol. The van der Waals surface area contributed by atoms with Crippen molar-refractivity contribution in [1.82, 2.24) is 14.9 Å². The van der Waals surface area contributed by atoms with Crippen molar-refractivity contribution in [2.24, 2.45) is 5.92 Å². The summed E-state index contributed by atoms with van der Waals surface area (Å²) in [4.78, 5) is 49.9. The molecule has 0 spiro atoms. The smallest absolute Gasteiger partial charge is 0.408 e. The Morgan fingerprint density at radius 2 is 1.89 bits per heavy atom. The second-order valence-electron chi connectivity index (χ2n) is 8.39. The maximum atomic E-state index is 13.6. The highest BCUT2D eigenvalue weighted by Crippen LogP contribution is 2.28. The topological polar surface area (TPSA) is 169 Å². The fourth-order valence-electron chi connectivity index (χ4n) is 3.56. The summed E-state index contributed by atoms with van der Waals surface area (Å²) in [6.07, 6.45) is -5.88. The number of aliphatic hydroxyl groups excluding tert-OH is 2. The number of carbonyl (C=O) groups is 2. The summed E-state index contributed by atoms with van der Waals surface area (Å²) < 4.78 is 30.0. The minimum Gasteiger partial charge on any atom is -0.461 e. The van der Waals surface area contributed by atoms with Crippen LogP contribution in [0.1, 0.15) is 32.1 Å². The maximum Gasteiger partial charge on any atom is 0.408 e. The van der Waals surface area contributed by atoms with Gasteiger partial charge in [-0.1, -0.05) is 50.6 Å². The quantitative estimate of drug-likeness (QED) is 0.345. The molecule has 196 valence electrons. The fourth-order valence-corrected chi connectivity index (χ4v) is 3.56. The SMILES string of the molecule is CC[C@H](C)[C@H](NC(=O)OCc1ccccc1)C(=O)OC[C@@H]1O[C@H](n2cc(F)c(=O)[nH]c2=O)C(O)C1O. The van der Waals surface area contributed by atoms with Gasteiger partial charge in [-0.25, -0.2) is 14.4 Å². The lowest BCUT2D eigenvalue weighted by Crippen LogP contribution is -2.47. The molecule has 12 nitrogen and oxygen atoms in total. The lowest BCUT2D eigenvalue weighted by molar-refractivity contribution is -0.154. The van der Waals surface area contributed by atoms with Gasteiger partial charge in [-0.05, 0) is 11.5 Å². The van der Waals surface area contributed by atoms with E-state index in [4.69, 9.17) is 14.2 Å². The number of amides is 1. The first kappa shape index (κ1) is 27.0.